The maximum Gasteiger partial charge on any atom is 0.255 e. The van der Waals surface area contributed by atoms with E-state index in [0.29, 0.717) is 12.4 Å². The molecule has 4 aromatic rings. The molecule has 2 aliphatic heterocycles. The summed E-state index contributed by atoms with van der Waals surface area (Å²) < 4.78 is 7.37. The number of aryl methyl sites for hydroxylation is 1. The molecule has 0 aliphatic carbocycles. The fourth-order valence-electron chi connectivity index (χ4n) is 5.88. The zero-order valence-corrected chi connectivity index (χ0v) is 20.9. The van der Waals surface area contributed by atoms with E-state index in [9.17, 15) is 4.79 Å². The van der Waals surface area contributed by atoms with E-state index in [1.54, 1.807) is 7.11 Å². The van der Waals surface area contributed by atoms with Gasteiger partial charge < -0.3 is 24.8 Å². The van der Waals surface area contributed by atoms with Crippen molar-refractivity contribution in [1.29, 1.82) is 0 Å². The van der Waals surface area contributed by atoms with Crippen LogP contribution in [0.3, 0.4) is 0 Å². The van der Waals surface area contributed by atoms with Crippen LogP contribution in [0.4, 0.5) is 5.82 Å². The average molecular weight is 483 g/mol. The minimum atomic E-state index is -0.351. The number of nitrogens with two attached hydrogens (primary N) is 1. The van der Waals surface area contributed by atoms with Crippen molar-refractivity contribution in [3.63, 3.8) is 0 Å². The number of piperidine rings is 1. The van der Waals surface area contributed by atoms with Crippen LogP contribution in [0.15, 0.2) is 55.0 Å². The lowest BCUT2D eigenvalue weighted by molar-refractivity contribution is 0.0273. The maximum absolute atomic E-state index is 14.0. The van der Waals surface area contributed by atoms with Crippen molar-refractivity contribution in [2.45, 2.75) is 31.8 Å². The van der Waals surface area contributed by atoms with Crippen LogP contribution >= 0.6 is 0 Å². The van der Waals surface area contributed by atoms with Gasteiger partial charge in [-0.2, -0.15) is 0 Å². The third-order valence-corrected chi connectivity index (χ3v) is 7.90. The van der Waals surface area contributed by atoms with Crippen LogP contribution in [-0.2, 0) is 12.1 Å². The number of likely N-dealkylation sites (tertiary alicyclic amines) is 1. The van der Waals surface area contributed by atoms with Crippen molar-refractivity contribution < 1.29 is 9.53 Å². The first-order valence-corrected chi connectivity index (χ1v) is 12.3. The van der Waals surface area contributed by atoms with Crippen LogP contribution in [0.2, 0.25) is 0 Å². The van der Waals surface area contributed by atoms with Gasteiger partial charge in [-0.25, -0.2) is 9.97 Å². The molecule has 0 unspecified atom stereocenters. The second-order valence-electron chi connectivity index (χ2n) is 9.94. The monoisotopic (exact) mass is 482 g/mol. The third kappa shape index (κ3) is 3.36. The lowest BCUT2D eigenvalue weighted by atomic mass is 9.79. The number of anilines is 1. The summed E-state index contributed by atoms with van der Waals surface area (Å²) in [5, 5.41) is 0.821. The molecule has 0 saturated carbocycles. The molecule has 6 rings (SSSR count). The zero-order chi connectivity index (χ0) is 25.0. The number of nitrogen functional groups attached to an aromatic ring is 1. The summed E-state index contributed by atoms with van der Waals surface area (Å²) >= 11 is 0. The molecule has 1 spiro atoms. The Morgan fingerprint density at radius 2 is 1.83 bits per heavy atom. The summed E-state index contributed by atoms with van der Waals surface area (Å²) in [6.07, 6.45) is 5.25. The molecule has 0 atom stereocenters. The molecule has 184 valence electrons. The number of hydrogen-bond donors (Lipinski definition) is 1. The number of fused-ring (bicyclic) bond motifs is 3. The molecule has 2 aromatic heterocycles. The first-order valence-electron chi connectivity index (χ1n) is 12.3. The fourth-order valence-corrected chi connectivity index (χ4v) is 5.88. The first kappa shape index (κ1) is 22.5. The smallest absolute Gasteiger partial charge is 0.255 e. The van der Waals surface area contributed by atoms with Crippen LogP contribution in [0, 0.1) is 6.92 Å². The Labute approximate surface area is 210 Å². The Morgan fingerprint density at radius 1 is 1.08 bits per heavy atom. The molecule has 1 amide bonds. The van der Waals surface area contributed by atoms with E-state index in [-0.39, 0.29) is 11.4 Å². The van der Waals surface area contributed by atoms with Gasteiger partial charge in [-0.3, -0.25) is 4.79 Å². The number of carbonyl (C=O) groups excluding carboxylic acids is 1. The van der Waals surface area contributed by atoms with Gasteiger partial charge in [-0.1, -0.05) is 12.1 Å². The highest BCUT2D eigenvalue weighted by molar-refractivity contribution is 6.02. The minimum absolute atomic E-state index is 0.110. The molecule has 1 saturated heterocycles. The predicted octanol–water partition coefficient (Wildman–Crippen LogP) is 3.90. The average Bonchev–Trinajstić information content (AvgIpc) is 3.41. The van der Waals surface area contributed by atoms with Crippen LogP contribution in [0.25, 0.3) is 16.7 Å². The summed E-state index contributed by atoms with van der Waals surface area (Å²) in [5.74, 6) is 1.38. The Balaban J connectivity index is 1.48. The molecule has 2 N–H and O–H groups in total. The number of methoxy groups -OCH3 is 1. The van der Waals surface area contributed by atoms with Gasteiger partial charge in [-0.05, 0) is 73.8 Å². The number of aromatic nitrogens is 3. The lowest BCUT2D eigenvalue weighted by Gasteiger charge is -2.45. The van der Waals surface area contributed by atoms with Crippen molar-refractivity contribution >= 4 is 22.8 Å². The Kier molecular flexibility index (Phi) is 5.22. The molecule has 8 nitrogen and oxygen atoms in total. The Bertz CT molecular complexity index is 1470. The number of nitrogens with zero attached hydrogens (tertiary/aromatic N) is 5. The van der Waals surface area contributed by atoms with E-state index in [4.69, 9.17) is 10.5 Å². The summed E-state index contributed by atoms with van der Waals surface area (Å²) in [7, 11) is 3.81. The van der Waals surface area contributed by atoms with Crippen LogP contribution < -0.4 is 10.5 Å². The molecule has 8 heteroatoms. The quantitative estimate of drug-likeness (QED) is 0.475. The fraction of sp³-hybridized carbons (Fsp3) is 0.321. The third-order valence-electron chi connectivity index (χ3n) is 7.90. The van der Waals surface area contributed by atoms with Gasteiger partial charge in [0.05, 0.1) is 18.0 Å². The van der Waals surface area contributed by atoms with E-state index < -0.39 is 0 Å². The van der Waals surface area contributed by atoms with E-state index in [1.165, 1.54) is 6.33 Å². The van der Waals surface area contributed by atoms with E-state index >= 15 is 0 Å². The minimum Gasteiger partial charge on any atom is -0.497 e. The molecule has 0 bridgehead atoms. The number of rotatable bonds is 4. The van der Waals surface area contributed by atoms with Crippen molar-refractivity contribution in [3.05, 3.63) is 77.2 Å². The number of ether oxygens (including phenoxy) is 1. The predicted molar refractivity (Wildman–Crippen MR) is 139 cm³/mol. The van der Waals surface area contributed by atoms with E-state index in [1.807, 2.05) is 48.0 Å². The van der Waals surface area contributed by atoms with Gasteiger partial charge in [0.1, 0.15) is 23.5 Å². The second-order valence-corrected chi connectivity index (χ2v) is 9.94. The highest BCUT2D eigenvalue weighted by atomic mass is 16.5. The van der Waals surface area contributed by atoms with Gasteiger partial charge >= 0.3 is 0 Å². The summed E-state index contributed by atoms with van der Waals surface area (Å²) in [5.41, 5.74) is 11.5. The molecule has 2 aromatic carbocycles. The molecular weight excluding hydrogens is 452 g/mol. The molecule has 2 aliphatic rings. The van der Waals surface area contributed by atoms with Gasteiger partial charge in [0.15, 0.2) is 0 Å². The highest BCUT2D eigenvalue weighted by Crippen LogP contribution is 2.48. The van der Waals surface area contributed by atoms with Gasteiger partial charge in [0.25, 0.3) is 5.91 Å². The number of hydrogen-bond acceptors (Lipinski definition) is 6. The zero-order valence-electron chi connectivity index (χ0n) is 20.9. The summed E-state index contributed by atoms with van der Waals surface area (Å²) in [6.45, 7) is 4.47. The molecule has 1 fully saturated rings. The lowest BCUT2D eigenvalue weighted by Crippen LogP contribution is -2.50. The highest BCUT2D eigenvalue weighted by Gasteiger charge is 2.51. The SMILES string of the molecule is COc1ccc(CN2C(=O)c3c(C)cc(-n4ccc5c(N)ncnc54)cc3C23CCN(C)CC3)cc1. The standard InChI is InChI=1S/C28H30N6O2/c1-18-14-20(33-11-8-22-25(29)30-17-31-26(22)33)15-23-24(18)27(35)34(28(23)9-12-32(2)13-10-28)16-19-4-6-21(36-3)7-5-19/h4-8,11,14-15,17H,9-10,12-13,16H2,1-3H3,(H2,29,30,31). The molecule has 0 radical (unpaired) electrons. The Morgan fingerprint density at radius 3 is 2.56 bits per heavy atom. The molecule has 4 heterocycles. The van der Waals surface area contributed by atoms with Gasteiger partial charge in [0, 0.05) is 37.1 Å². The van der Waals surface area contributed by atoms with Crippen LogP contribution in [0.5, 0.6) is 5.75 Å². The second kappa shape index (κ2) is 8.34. The normalized spacial score (nSPS) is 17.2. The first-order chi connectivity index (χ1) is 17.4. The van der Waals surface area contributed by atoms with E-state index in [2.05, 4.69) is 38.9 Å². The number of carbonyl (C=O) groups is 1. The molecule has 36 heavy (non-hydrogen) atoms. The van der Waals surface area contributed by atoms with Crippen molar-refractivity contribution in [1.82, 2.24) is 24.3 Å². The number of amides is 1. The topological polar surface area (TPSA) is 89.5 Å². The largest absolute Gasteiger partial charge is 0.497 e. The summed E-state index contributed by atoms with van der Waals surface area (Å²) in [4.78, 5) is 27.1. The van der Waals surface area contributed by atoms with Gasteiger partial charge in [0.2, 0.25) is 0 Å². The van der Waals surface area contributed by atoms with Crippen molar-refractivity contribution in [2.24, 2.45) is 0 Å². The van der Waals surface area contributed by atoms with Crippen LogP contribution in [-0.4, -0.2) is 57.5 Å². The van der Waals surface area contributed by atoms with E-state index in [0.717, 1.165) is 70.7 Å². The van der Waals surface area contributed by atoms with Crippen molar-refractivity contribution in [2.75, 3.05) is 33.0 Å². The summed E-state index contributed by atoms with van der Waals surface area (Å²) in [6, 6.07) is 14.2. The van der Waals surface area contributed by atoms with Crippen LogP contribution in [0.1, 0.15) is 39.9 Å². The molecular formula is C28H30N6O2. The Hall–Kier alpha value is -3.91. The van der Waals surface area contributed by atoms with Gasteiger partial charge in [-0.15, -0.1) is 0 Å². The maximum atomic E-state index is 14.0. The number of benzene rings is 2. The van der Waals surface area contributed by atoms with Crippen molar-refractivity contribution in [3.8, 4) is 11.4 Å².